The second-order valence-electron chi connectivity index (χ2n) is 5.94. The minimum absolute atomic E-state index is 0.472. The summed E-state index contributed by atoms with van der Waals surface area (Å²) in [7, 11) is -1.11. The Morgan fingerprint density at radius 2 is 1.91 bits per heavy atom. The van der Waals surface area contributed by atoms with Gasteiger partial charge in [-0.05, 0) is 33.9 Å². The Labute approximate surface area is 146 Å². The Morgan fingerprint density at radius 1 is 1.36 bits per heavy atom. The Morgan fingerprint density at radius 3 is 2.32 bits per heavy atom. The van der Waals surface area contributed by atoms with E-state index in [1.807, 2.05) is 22.6 Å². The van der Waals surface area contributed by atoms with E-state index in [4.69, 9.17) is 0 Å². The molecule has 0 N–H and O–H groups in total. The van der Waals surface area contributed by atoms with Crippen molar-refractivity contribution >= 4 is 58.1 Å². The van der Waals surface area contributed by atoms with Crippen LogP contribution in [0.4, 0.5) is 0 Å². The van der Waals surface area contributed by atoms with Crippen LogP contribution in [0.25, 0.3) is 6.08 Å². The number of carbonyl (C=O) groups is 1. The van der Waals surface area contributed by atoms with Crippen molar-refractivity contribution in [1.82, 2.24) is 8.28 Å². The Kier molecular flexibility index (Phi) is 6.04. The van der Waals surface area contributed by atoms with Crippen LogP contribution in [0.1, 0.15) is 5.56 Å². The molecule has 0 aliphatic rings. The lowest BCUT2D eigenvalue weighted by molar-refractivity contribution is -0.134. The molecule has 1 aromatic heterocycles. The van der Waals surface area contributed by atoms with Crippen LogP contribution in [0, 0.1) is 3.70 Å². The summed E-state index contributed by atoms with van der Waals surface area (Å²) in [6.07, 6.45) is 4.61. The highest BCUT2D eigenvalue weighted by molar-refractivity contribution is 14.1. The van der Waals surface area contributed by atoms with Crippen molar-refractivity contribution in [3.05, 3.63) is 21.5 Å². The average Bonchev–Trinajstić information content (AvgIpc) is 2.73. The zero-order valence-electron chi connectivity index (χ0n) is 13.5. The van der Waals surface area contributed by atoms with Gasteiger partial charge in [-0.1, -0.05) is 19.6 Å². The molecule has 0 radical (unpaired) electrons. The van der Waals surface area contributed by atoms with Gasteiger partial charge in [0.2, 0.25) is 0 Å². The van der Waals surface area contributed by atoms with Crippen LogP contribution >= 0.6 is 22.6 Å². The molecule has 0 aliphatic heterocycles. The van der Waals surface area contributed by atoms with E-state index in [9.17, 15) is 13.2 Å². The lowest BCUT2D eigenvalue weighted by Crippen LogP contribution is -2.38. The fourth-order valence-electron chi connectivity index (χ4n) is 1.79. The highest BCUT2D eigenvalue weighted by atomic mass is 127. The van der Waals surface area contributed by atoms with Crippen LogP contribution in [0.2, 0.25) is 19.6 Å². The molecule has 0 unspecified atom stereocenters. The molecular formula is C13H21IN2O4SSi. The maximum absolute atomic E-state index is 12.4. The molecule has 9 heteroatoms. The molecule has 0 aromatic carbocycles. The minimum atomic E-state index is -3.60. The van der Waals surface area contributed by atoms with Crippen LogP contribution in [-0.2, 0) is 19.7 Å². The molecule has 6 nitrogen and oxygen atoms in total. The number of esters is 1. The number of halogens is 1. The third kappa shape index (κ3) is 4.00. The van der Waals surface area contributed by atoms with E-state index in [-0.39, 0.29) is 0 Å². The highest BCUT2D eigenvalue weighted by Gasteiger charge is 2.29. The van der Waals surface area contributed by atoms with Crippen LogP contribution < -0.4 is 5.19 Å². The van der Waals surface area contributed by atoms with Gasteiger partial charge in [0.25, 0.3) is 0 Å². The fourth-order valence-corrected chi connectivity index (χ4v) is 5.91. The third-order valence-electron chi connectivity index (χ3n) is 3.06. The monoisotopic (exact) mass is 456 g/mol. The van der Waals surface area contributed by atoms with Crippen molar-refractivity contribution in [2.75, 3.05) is 21.2 Å². The minimum Gasteiger partial charge on any atom is -0.466 e. The van der Waals surface area contributed by atoms with E-state index in [1.165, 1.54) is 31.3 Å². The van der Waals surface area contributed by atoms with Gasteiger partial charge in [0.1, 0.15) is 3.70 Å². The first-order valence-electron chi connectivity index (χ1n) is 6.53. The van der Waals surface area contributed by atoms with Gasteiger partial charge in [0, 0.05) is 31.9 Å². The van der Waals surface area contributed by atoms with Crippen LogP contribution in [0.15, 0.2) is 12.3 Å². The van der Waals surface area contributed by atoms with E-state index in [2.05, 4.69) is 24.4 Å². The number of rotatable bonds is 5. The normalized spacial score (nSPS) is 13.1. The first kappa shape index (κ1) is 19.4. The topological polar surface area (TPSA) is 68.6 Å². The summed E-state index contributed by atoms with van der Waals surface area (Å²) < 4.78 is 32.4. The molecule has 0 spiro atoms. The zero-order chi connectivity index (χ0) is 17.3. The van der Waals surface area contributed by atoms with E-state index < -0.39 is 24.3 Å². The number of carbonyl (C=O) groups excluding carboxylic acids is 1. The number of ether oxygens (including phenoxy) is 1. The van der Waals surface area contributed by atoms with Gasteiger partial charge >= 0.3 is 16.2 Å². The summed E-state index contributed by atoms with van der Waals surface area (Å²) in [4.78, 5) is 11.3. The van der Waals surface area contributed by atoms with Gasteiger partial charge in [-0.3, -0.25) is 0 Å². The molecule has 0 atom stereocenters. The van der Waals surface area contributed by atoms with Gasteiger partial charge < -0.3 is 4.74 Å². The maximum Gasteiger partial charge on any atom is 0.330 e. The Hall–Kier alpha value is -0.653. The first-order valence-corrected chi connectivity index (χ1v) is 12.5. The fraction of sp³-hybridized carbons (Fsp3) is 0.462. The van der Waals surface area contributed by atoms with E-state index in [0.717, 1.165) is 15.1 Å². The summed E-state index contributed by atoms with van der Waals surface area (Å²) in [5.41, 5.74) is 0.760. The molecule has 22 heavy (non-hydrogen) atoms. The summed E-state index contributed by atoms with van der Waals surface area (Å²) in [6, 6.07) is 0. The van der Waals surface area contributed by atoms with Crippen molar-refractivity contribution in [2.45, 2.75) is 19.6 Å². The van der Waals surface area contributed by atoms with Crippen LogP contribution in [-0.4, -0.2) is 51.9 Å². The standard InChI is InChI=1S/C13H21IN2O4SSi/c1-15(2)21(18,19)16-9-11(22(4,5)6)10(13(16)14)7-8-12(17)20-3/h7-9H,1-6H3/b8-7+. The van der Waals surface area contributed by atoms with Crippen molar-refractivity contribution in [3.63, 3.8) is 0 Å². The summed E-state index contributed by atoms with van der Waals surface area (Å²) in [6.45, 7) is 6.38. The molecule has 1 rings (SSSR count). The zero-order valence-corrected chi connectivity index (χ0v) is 17.5. The molecule has 0 aliphatic carbocycles. The molecule has 124 valence electrons. The van der Waals surface area contributed by atoms with Gasteiger partial charge in [-0.2, -0.15) is 12.7 Å². The van der Waals surface area contributed by atoms with Crippen molar-refractivity contribution < 1.29 is 17.9 Å². The van der Waals surface area contributed by atoms with Crippen LogP contribution in [0.3, 0.4) is 0 Å². The lowest BCUT2D eigenvalue weighted by Gasteiger charge is -2.15. The number of aromatic nitrogens is 1. The van der Waals surface area contributed by atoms with Crippen LogP contribution in [0.5, 0.6) is 0 Å². The molecule has 0 amide bonds. The molecule has 1 aromatic rings. The lowest BCUT2D eigenvalue weighted by atomic mass is 10.3. The maximum atomic E-state index is 12.4. The largest absolute Gasteiger partial charge is 0.466 e. The smallest absolute Gasteiger partial charge is 0.330 e. The van der Waals surface area contributed by atoms with E-state index >= 15 is 0 Å². The van der Waals surface area contributed by atoms with Gasteiger partial charge in [-0.25, -0.2) is 8.77 Å². The van der Waals surface area contributed by atoms with Crippen molar-refractivity contribution in [2.24, 2.45) is 0 Å². The van der Waals surface area contributed by atoms with Gasteiger partial charge in [-0.15, -0.1) is 0 Å². The number of hydrogen-bond acceptors (Lipinski definition) is 4. The first-order chi connectivity index (χ1) is 9.92. The number of nitrogens with zero attached hydrogens (tertiary/aromatic N) is 2. The third-order valence-corrected chi connectivity index (χ3v) is 8.21. The van der Waals surface area contributed by atoms with Gasteiger partial charge in [0.05, 0.1) is 15.2 Å². The van der Waals surface area contributed by atoms with Crippen molar-refractivity contribution in [3.8, 4) is 0 Å². The summed E-state index contributed by atoms with van der Waals surface area (Å²) in [5.74, 6) is -0.472. The molecule has 0 saturated carbocycles. The molecule has 1 heterocycles. The second kappa shape index (κ2) is 6.85. The quantitative estimate of drug-likeness (QED) is 0.291. The molecule has 0 bridgehead atoms. The average molecular weight is 456 g/mol. The van der Waals surface area contributed by atoms with E-state index in [0.29, 0.717) is 3.70 Å². The number of hydrogen-bond donors (Lipinski definition) is 0. The number of methoxy groups -OCH3 is 1. The SMILES string of the molecule is COC(=O)/C=C/c1c([Si](C)(C)C)cn(S(=O)(=O)N(C)C)c1I. The highest BCUT2D eigenvalue weighted by Crippen LogP contribution is 2.21. The Bertz CT molecular complexity index is 702. The second-order valence-corrected chi connectivity index (χ2v) is 14.0. The predicted molar refractivity (Wildman–Crippen MR) is 99.2 cm³/mol. The Balaban J connectivity index is 3.59. The van der Waals surface area contributed by atoms with E-state index in [1.54, 1.807) is 12.3 Å². The summed E-state index contributed by atoms with van der Waals surface area (Å²) >= 11 is 2.00. The molecule has 0 fully saturated rings. The van der Waals surface area contributed by atoms with Gasteiger partial charge in [0.15, 0.2) is 0 Å². The molecule has 0 saturated heterocycles. The predicted octanol–water partition coefficient (Wildman–Crippen LogP) is 1.48. The molecular weight excluding hydrogens is 435 g/mol. The summed E-state index contributed by atoms with van der Waals surface area (Å²) in [5, 5.41) is 0.975. The van der Waals surface area contributed by atoms with Crippen molar-refractivity contribution in [1.29, 1.82) is 0 Å².